The van der Waals surface area contributed by atoms with Crippen LogP contribution in [0.4, 0.5) is 5.82 Å². The van der Waals surface area contributed by atoms with Crippen LogP contribution in [0.15, 0.2) is 43.0 Å². The van der Waals surface area contributed by atoms with Crippen molar-refractivity contribution in [3.63, 3.8) is 0 Å². The molecule has 21 heavy (non-hydrogen) atoms. The third kappa shape index (κ3) is 2.38. The van der Waals surface area contributed by atoms with Gasteiger partial charge in [0.05, 0.1) is 7.11 Å². The second-order valence-electron chi connectivity index (χ2n) is 4.54. The van der Waals surface area contributed by atoms with Crippen LogP contribution in [0.3, 0.4) is 0 Å². The maximum absolute atomic E-state index is 5.52. The second kappa shape index (κ2) is 5.75. The molecule has 0 aliphatic heterocycles. The summed E-state index contributed by atoms with van der Waals surface area (Å²) in [6.07, 6.45) is 5.19. The van der Waals surface area contributed by atoms with Crippen molar-refractivity contribution >= 4 is 16.6 Å². The number of benzene rings is 1. The molecule has 5 heteroatoms. The lowest BCUT2D eigenvalue weighted by molar-refractivity contribution is 0.414. The Hall–Kier alpha value is -2.69. The molecule has 0 saturated heterocycles. The normalized spacial score (nSPS) is 10.6. The first kappa shape index (κ1) is 13.3. The summed E-state index contributed by atoms with van der Waals surface area (Å²) in [7, 11) is 1.63. The van der Waals surface area contributed by atoms with Gasteiger partial charge in [-0.15, -0.1) is 0 Å². The summed E-state index contributed by atoms with van der Waals surface area (Å²) in [6.45, 7) is 2.78. The monoisotopic (exact) mass is 280 g/mol. The molecule has 1 aromatic carbocycles. The van der Waals surface area contributed by atoms with Gasteiger partial charge in [0, 0.05) is 29.9 Å². The molecule has 106 valence electrons. The van der Waals surface area contributed by atoms with Crippen molar-refractivity contribution in [3.05, 3.63) is 43.0 Å². The first-order chi connectivity index (χ1) is 10.3. The number of hydrogen-bond donors (Lipinski definition) is 1. The molecule has 0 spiro atoms. The minimum atomic E-state index is 0.637. The zero-order valence-electron chi connectivity index (χ0n) is 12.0. The van der Waals surface area contributed by atoms with E-state index in [1.54, 1.807) is 7.11 Å². The molecule has 0 aliphatic rings. The lowest BCUT2D eigenvalue weighted by Gasteiger charge is -2.13. The van der Waals surface area contributed by atoms with Gasteiger partial charge in [-0.1, -0.05) is 24.3 Å². The van der Waals surface area contributed by atoms with Gasteiger partial charge in [0.15, 0.2) is 11.6 Å². The topological polar surface area (TPSA) is 59.9 Å². The lowest BCUT2D eigenvalue weighted by Crippen LogP contribution is -2.04. The van der Waals surface area contributed by atoms with Crippen LogP contribution in [0.1, 0.15) is 6.92 Å². The van der Waals surface area contributed by atoms with Gasteiger partial charge in [0.1, 0.15) is 12.0 Å². The molecule has 3 rings (SSSR count). The third-order valence-corrected chi connectivity index (χ3v) is 3.28. The largest absolute Gasteiger partial charge is 0.491 e. The summed E-state index contributed by atoms with van der Waals surface area (Å²) in [5, 5.41) is 5.35. The van der Waals surface area contributed by atoms with Crippen molar-refractivity contribution in [1.82, 2.24) is 15.0 Å². The molecule has 0 amide bonds. The van der Waals surface area contributed by atoms with Gasteiger partial charge in [-0.2, -0.15) is 0 Å². The van der Waals surface area contributed by atoms with Gasteiger partial charge in [0.2, 0.25) is 0 Å². The van der Waals surface area contributed by atoms with E-state index in [4.69, 9.17) is 4.74 Å². The fraction of sp³-hybridized carbons (Fsp3) is 0.188. The number of ether oxygens (including phenoxy) is 1. The highest BCUT2D eigenvalue weighted by Crippen LogP contribution is 2.35. The van der Waals surface area contributed by atoms with Gasteiger partial charge in [-0.25, -0.2) is 9.97 Å². The number of hydrogen-bond acceptors (Lipinski definition) is 5. The van der Waals surface area contributed by atoms with Crippen molar-refractivity contribution in [3.8, 4) is 17.0 Å². The van der Waals surface area contributed by atoms with Crippen LogP contribution in [-0.4, -0.2) is 28.6 Å². The number of nitrogens with one attached hydrogen (secondary N) is 1. The van der Waals surface area contributed by atoms with Crippen LogP contribution in [0.25, 0.3) is 22.0 Å². The minimum absolute atomic E-state index is 0.637. The van der Waals surface area contributed by atoms with E-state index in [1.165, 1.54) is 6.33 Å². The van der Waals surface area contributed by atoms with Gasteiger partial charge in [-0.3, -0.25) is 4.98 Å². The van der Waals surface area contributed by atoms with E-state index in [0.29, 0.717) is 11.6 Å². The molecule has 1 N–H and O–H groups in total. The second-order valence-corrected chi connectivity index (χ2v) is 4.54. The van der Waals surface area contributed by atoms with Crippen molar-refractivity contribution in [2.45, 2.75) is 6.92 Å². The van der Waals surface area contributed by atoms with Crippen LogP contribution >= 0.6 is 0 Å². The molecule has 0 bridgehead atoms. The first-order valence-corrected chi connectivity index (χ1v) is 6.81. The molecule has 3 aromatic rings. The summed E-state index contributed by atoms with van der Waals surface area (Å²) in [5.74, 6) is 1.33. The van der Waals surface area contributed by atoms with Crippen LogP contribution in [0.5, 0.6) is 5.75 Å². The molecule has 2 heterocycles. The fourth-order valence-electron chi connectivity index (χ4n) is 2.36. The first-order valence-electron chi connectivity index (χ1n) is 6.81. The number of nitrogens with zero attached hydrogens (tertiary/aromatic N) is 3. The zero-order valence-corrected chi connectivity index (χ0v) is 12.0. The van der Waals surface area contributed by atoms with Crippen molar-refractivity contribution in [2.75, 3.05) is 19.0 Å². The summed E-state index contributed by atoms with van der Waals surface area (Å²) >= 11 is 0. The molecule has 0 atom stereocenters. The molecule has 2 aromatic heterocycles. The standard InChI is InChI=1S/C16H16N4O/c1-3-18-16-15(21-2)14(19-10-20-16)13-9-17-8-11-6-4-5-7-12(11)13/h4-10H,3H2,1-2H3,(H,18,19,20). The van der Waals surface area contributed by atoms with Gasteiger partial charge < -0.3 is 10.1 Å². The van der Waals surface area contributed by atoms with E-state index < -0.39 is 0 Å². The molecule has 0 saturated carbocycles. The average Bonchev–Trinajstić information content (AvgIpc) is 2.54. The third-order valence-electron chi connectivity index (χ3n) is 3.28. The number of anilines is 1. The summed E-state index contributed by atoms with van der Waals surface area (Å²) < 4.78 is 5.52. The van der Waals surface area contributed by atoms with E-state index >= 15 is 0 Å². The van der Waals surface area contributed by atoms with E-state index in [9.17, 15) is 0 Å². The Morgan fingerprint density at radius 3 is 2.81 bits per heavy atom. The van der Waals surface area contributed by atoms with Crippen LogP contribution < -0.4 is 10.1 Å². The molecule has 0 fully saturated rings. The highest BCUT2D eigenvalue weighted by molar-refractivity contribution is 5.96. The molecule has 0 aliphatic carbocycles. The maximum atomic E-state index is 5.52. The molecule has 0 radical (unpaired) electrons. The van der Waals surface area contributed by atoms with E-state index in [1.807, 2.05) is 37.5 Å². The predicted octanol–water partition coefficient (Wildman–Crippen LogP) is 3.13. The molecular weight excluding hydrogens is 264 g/mol. The maximum Gasteiger partial charge on any atom is 0.187 e. The smallest absolute Gasteiger partial charge is 0.187 e. The van der Waals surface area contributed by atoms with Crippen LogP contribution in [0, 0.1) is 0 Å². The lowest BCUT2D eigenvalue weighted by atomic mass is 10.0. The minimum Gasteiger partial charge on any atom is -0.491 e. The number of pyridine rings is 1. The fourth-order valence-corrected chi connectivity index (χ4v) is 2.36. The number of methoxy groups -OCH3 is 1. The van der Waals surface area contributed by atoms with Crippen molar-refractivity contribution < 1.29 is 4.74 Å². The number of fused-ring (bicyclic) bond motifs is 1. The summed E-state index contributed by atoms with van der Waals surface area (Å²) in [6, 6.07) is 8.09. The van der Waals surface area contributed by atoms with Gasteiger partial charge >= 0.3 is 0 Å². The average molecular weight is 280 g/mol. The van der Waals surface area contributed by atoms with Gasteiger partial charge in [-0.05, 0) is 12.3 Å². The highest BCUT2D eigenvalue weighted by atomic mass is 16.5. The molecular formula is C16H16N4O. The Balaban J connectivity index is 2.25. The number of aromatic nitrogens is 3. The van der Waals surface area contributed by atoms with E-state index in [2.05, 4.69) is 26.3 Å². The Bertz CT molecular complexity index is 768. The zero-order chi connectivity index (χ0) is 14.7. The Morgan fingerprint density at radius 1 is 1.14 bits per heavy atom. The SMILES string of the molecule is CCNc1ncnc(-c2cncc3ccccc23)c1OC. The van der Waals surface area contributed by atoms with Crippen LogP contribution in [-0.2, 0) is 0 Å². The van der Waals surface area contributed by atoms with Crippen molar-refractivity contribution in [1.29, 1.82) is 0 Å². The Kier molecular flexibility index (Phi) is 3.64. The molecule has 5 nitrogen and oxygen atoms in total. The van der Waals surface area contributed by atoms with E-state index in [-0.39, 0.29) is 0 Å². The van der Waals surface area contributed by atoms with Gasteiger partial charge in [0.25, 0.3) is 0 Å². The molecule has 0 unspecified atom stereocenters. The van der Waals surface area contributed by atoms with Crippen molar-refractivity contribution in [2.24, 2.45) is 0 Å². The number of rotatable bonds is 4. The quantitative estimate of drug-likeness (QED) is 0.795. The predicted molar refractivity (Wildman–Crippen MR) is 83.5 cm³/mol. The summed E-state index contributed by atoms with van der Waals surface area (Å²) in [4.78, 5) is 12.9. The Morgan fingerprint density at radius 2 is 2.00 bits per heavy atom. The Labute approximate surface area is 123 Å². The summed E-state index contributed by atoms with van der Waals surface area (Å²) in [5.41, 5.74) is 1.68. The van der Waals surface area contributed by atoms with E-state index in [0.717, 1.165) is 28.6 Å². The highest BCUT2D eigenvalue weighted by Gasteiger charge is 2.15. The van der Waals surface area contributed by atoms with Crippen LogP contribution in [0.2, 0.25) is 0 Å².